The minimum Gasteiger partial charge on any atom is -0.320 e. The molecule has 2 N–H and O–H groups in total. The van der Waals surface area contributed by atoms with Gasteiger partial charge in [0.1, 0.15) is 10.7 Å². The number of rotatable bonds is 6. The smallest absolute Gasteiger partial charge is 0.264 e. The van der Waals surface area contributed by atoms with Crippen LogP contribution in [0.2, 0.25) is 5.02 Å². The van der Waals surface area contributed by atoms with Crippen LogP contribution in [-0.4, -0.2) is 24.1 Å². The van der Waals surface area contributed by atoms with Crippen molar-refractivity contribution < 1.29 is 17.6 Å². The van der Waals surface area contributed by atoms with E-state index in [-0.39, 0.29) is 16.4 Å². The molecule has 10 heteroatoms. The van der Waals surface area contributed by atoms with Gasteiger partial charge in [0, 0.05) is 5.02 Å². The van der Waals surface area contributed by atoms with Crippen LogP contribution < -0.4 is 10.0 Å². The molecule has 0 saturated carbocycles. The summed E-state index contributed by atoms with van der Waals surface area (Å²) in [5, 5.41) is 7.21. The highest BCUT2D eigenvalue weighted by Crippen LogP contribution is 2.29. The summed E-state index contributed by atoms with van der Waals surface area (Å²) >= 11 is 6.07. The van der Waals surface area contributed by atoms with Gasteiger partial charge in [0.05, 0.1) is 34.5 Å². The largest absolute Gasteiger partial charge is 0.320 e. The predicted octanol–water partition coefficient (Wildman–Crippen LogP) is 5.03. The zero-order valence-corrected chi connectivity index (χ0v) is 18.9. The average molecular weight is 485 g/mol. The third-order valence-electron chi connectivity index (χ3n) is 4.86. The monoisotopic (exact) mass is 484 g/mol. The van der Waals surface area contributed by atoms with Crippen LogP contribution >= 0.6 is 11.6 Å². The number of aromatic nitrogens is 2. The number of carbonyl (C=O) groups excluding carboxylic acids is 1. The molecule has 168 valence electrons. The summed E-state index contributed by atoms with van der Waals surface area (Å²) in [6, 6.07) is 18.5. The Morgan fingerprint density at radius 2 is 1.70 bits per heavy atom. The molecule has 0 fully saturated rings. The summed E-state index contributed by atoms with van der Waals surface area (Å²) in [4.78, 5) is 12.5. The number of sulfonamides is 1. The first-order chi connectivity index (χ1) is 15.8. The van der Waals surface area contributed by atoms with Crippen LogP contribution in [0.5, 0.6) is 0 Å². The first kappa shape index (κ1) is 22.5. The van der Waals surface area contributed by atoms with E-state index in [1.807, 2.05) is 30.3 Å². The van der Waals surface area contributed by atoms with Crippen molar-refractivity contribution in [3.05, 3.63) is 101 Å². The van der Waals surface area contributed by atoms with Crippen molar-refractivity contribution in [1.29, 1.82) is 0 Å². The van der Waals surface area contributed by atoms with Gasteiger partial charge in [0.15, 0.2) is 0 Å². The molecule has 0 aliphatic rings. The Bertz CT molecular complexity index is 1440. The van der Waals surface area contributed by atoms with E-state index in [4.69, 9.17) is 11.6 Å². The molecule has 0 atom stereocenters. The second kappa shape index (κ2) is 9.05. The van der Waals surface area contributed by atoms with Gasteiger partial charge in [-0.1, -0.05) is 41.9 Å². The maximum absolute atomic E-state index is 14.1. The highest BCUT2D eigenvalue weighted by Gasteiger charge is 2.22. The number of halogens is 2. The molecule has 0 bridgehead atoms. The van der Waals surface area contributed by atoms with Gasteiger partial charge in [-0.3, -0.25) is 9.52 Å². The van der Waals surface area contributed by atoms with Crippen LogP contribution in [-0.2, 0) is 10.0 Å². The highest BCUT2D eigenvalue weighted by atomic mass is 35.5. The molecule has 1 aromatic heterocycles. The van der Waals surface area contributed by atoms with E-state index in [2.05, 4.69) is 15.1 Å². The second-order valence-electron chi connectivity index (χ2n) is 7.07. The number of benzene rings is 3. The van der Waals surface area contributed by atoms with Crippen LogP contribution in [0.1, 0.15) is 16.1 Å². The topological polar surface area (TPSA) is 93.1 Å². The lowest BCUT2D eigenvalue weighted by Gasteiger charge is -2.14. The van der Waals surface area contributed by atoms with Gasteiger partial charge in [0.25, 0.3) is 15.9 Å². The second-order valence-corrected chi connectivity index (χ2v) is 9.16. The van der Waals surface area contributed by atoms with Crippen LogP contribution in [0.4, 0.5) is 15.8 Å². The molecule has 1 amide bonds. The van der Waals surface area contributed by atoms with Crippen LogP contribution in [0.15, 0.2) is 83.9 Å². The van der Waals surface area contributed by atoms with Crippen LogP contribution in [0.25, 0.3) is 5.69 Å². The molecule has 4 aromatic rings. The maximum atomic E-state index is 14.1. The number of amides is 1. The van der Waals surface area contributed by atoms with Crippen molar-refractivity contribution in [2.75, 3.05) is 10.0 Å². The molecular weight excluding hydrogens is 467 g/mol. The molecular formula is C23H18ClFN4O3S. The van der Waals surface area contributed by atoms with Crippen molar-refractivity contribution in [2.24, 2.45) is 0 Å². The molecule has 0 unspecified atom stereocenters. The maximum Gasteiger partial charge on any atom is 0.264 e. The van der Waals surface area contributed by atoms with E-state index in [1.54, 1.807) is 11.6 Å². The number of nitrogens with zero attached hydrogens (tertiary/aromatic N) is 2. The van der Waals surface area contributed by atoms with Gasteiger partial charge in [-0.05, 0) is 49.4 Å². The Balaban J connectivity index is 1.63. The van der Waals surface area contributed by atoms with Crippen molar-refractivity contribution >= 4 is 38.9 Å². The lowest BCUT2D eigenvalue weighted by atomic mass is 10.2. The Hall–Kier alpha value is -3.69. The molecule has 33 heavy (non-hydrogen) atoms. The van der Waals surface area contributed by atoms with E-state index < -0.39 is 26.6 Å². The molecule has 3 aromatic carbocycles. The molecule has 1 heterocycles. The van der Waals surface area contributed by atoms with E-state index in [1.165, 1.54) is 36.5 Å². The number of hydrogen-bond donors (Lipinski definition) is 2. The minimum absolute atomic E-state index is 0.0316. The number of nitrogens with one attached hydrogen (secondary N) is 2. The summed E-state index contributed by atoms with van der Waals surface area (Å²) in [5.74, 6) is -1.41. The average Bonchev–Trinajstić information content (AvgIpc) is 3.18. The van der Waals surface area contributed by atoms with Crippen LogP contribution in [0.3, 0.4) is 0 Å². The summed E-state index contributed by atoms with van der Waals surface area (Å²) in [7, 11) is -4.26. The van der Waals surface area contributed by atoms with E-state index in [0.717, 1.165) is 17.8 Å². The summed E-state index contributed by atoms with van der Waals surface area (Å²) < 4.78 is 43.4. The lowest BCUT2D eigenvalue weighted by Crippen LogP contribution is -2.18. The fraction of sp³-hybridized carbons (Fsp3) is 0.0435. The molecule has 4 rings (SSSR count). The fourth-order valence-corrected chi connectivity index (χ4v) is 4.56. The van der Waals surface area contributed by atoms with Gasteiger partial charge in [-0.2, -0.15) is 5.10 Å². The van der Waals surface area contributed by atoms with Crippen molar-refractivity contribution in [3.8, 4) is 5.69 Å². The Kier molecular flexibility index (Phi) is 6.17. The van der Waals surface area contributed by atoms with Crippen molar-refractivity contribution in [2.45, 2.75) is 11.8 Å². The van der Waals surface area contributed by atoms with Crippen molar-refractivity contribution in [3.63, 3.8) is 0 Å². The van der Waals surface area contributed by atoms with E-state index >= 15 is 0 Å². The summed E-state index contributed by atoms with van der Waals surface area (Å²) in [6.07, 6.45) is 1.42. The van der Waals surface area contributed by atoms with E-state index in [0.29, 0.717) is 11.3 Å². The number of carbonyl (C=O) groups is 1. The van der Waals surface area contributed by atoms with Gasteiger partial charge >= 0.3 is 0 Å². The fourth-order valence-electron chi connectivity index (χ4n) is 3.22. The van der Waals surface area contributed by atoms with Gasteiger partial charge in [0.2, 0.25) is 0 Å². The number of hydrogen-bond acceptors (Lipinski definition) is 4. The SMILES string of the molecule is Cc1c(C(=O)Nc2cc(Cl)ccc2NS(=O)(=O)c2ccccc2F)cnn1-c1ccccc1. The normalized spacial score (nSPS) is 11.2. The molecule has 7 nitrogen and oxygen atoms in total. The lowest BCUT2D eigenvalue weighted by molar-refractivity contribution is 0.102. The molecule has 0 aliphatic carbocycles. The van der Waals surface area contributed by atoms with Gasteiger partial charge in [-0.25, -0.2) is 17.5 Å². The third-order valence-corrected chi connectivity index (χ3v) is 6.49. The summed E-state index contributed by atoms with van der Waals surface area (Å²) in [6.45, 7) is 1.74. The van der Waals surface area contributed by atoms with Crippen molar-refractivity contribution in [1.82, 2.24) is 9.78 Å². The third kappa shape index (κ3) is 4.74. The molecule has 0 radical (unpaired) electrons. The Morgan fingerprint density at radius 1 is 1.00 bits per heavy atom. The highest BCUT2D eigenvalue weighted by molar-refractivity contribution is 7.92. The quantitative estimate of drug-likeness (QED) is 0.401. The first-order valence-corrected chi connectivity index (χ1v) is 11.6. The van der Waals surface area contributed by atoms with E-state index in [9.17, 15) is 17.6 Å². The first-order valence-electron chi connectivity index (χ1n) is 9.74. The minimum atomic E-state index is -4.26. The molecule has 0 spiro atoms. The zero-order chi connectivity index (χ0) is 23.6. The molecule has 0 saturated heterocycles. The zero-order valence-electron chi connectivity index (χ0n) is 17.3. The summed E-state index contributed by atoms with van der Waals surface area (Å²) in [5.41, 5.74) is 1.81. The Labute approximate surface area is 194 Å². The van der Waals surface area contributed by atoms with Crippen LogP contribution in [0, 0.1) is 12.7 Å². The predicted molar refractivity (Wildman–Crippen MR) is 125 cm³/mol. The molecule has 0 aliphatic heterocycles. The Morgan fingerprint density at radius 3 is 2.42 bits per heavy atom. The standard InChI is InChI=1S/C23H18ClFN4O3S/c1-15-18(14-26-29(15)17-7-3-2-4-8-17)23(30)27-21-13-16(24)11-12-20(21)28-33(31,32)22-10-6-5-9-19(22)25/h2-14,28H,1H3,(H,27,30). The van der Waals surface area contributed by atoms with Gasteiger partial charge < -0.3 is 5.32 Å². The van der Waals surface area contributed by atoms with Gasteiger partial charge in [-0.15, -0.1) is 0 Å². The number of anilines is 2. The number of para-hydroxylation sites is 1.